The van der Waals surface area contributed by atoms with Gasteiger partial charge in [0.2, 0.25) is 5.91 Å². The van der Waals surface area contributed by atoms with E-state index in [-0.39, 0.29) is 5.91 Å². The smallest absolute Gasteiger partial charge is 0.227 e. The van der Waals surface area contributed by atoms with Crippen molar-refractivity contribution in [3.05, 3.63) is 54.0 Å². The Morgan fingerprint density at radius 1 is 1.12 bits per heavy atom. The van der Waals surface area contributed by atoms with Crippen molar-refractivity contribution in [2.45, 2.75) is 19.9 Å². The van der Waals surface area contributed by atoms with Crippen molar-refractivity contribution in [3.8, 4) is 5.75 Å². The number of piperazine rings is 1. The molecule has 5 heteroatoms. The lowest BCUT2D eigenvalue weighted by Crippen LogP contribution is -2.48. The van der Waals surface area contributed by atoms with Gasteiger partial charge in [0.05, 0.1) is 25.8 Å². The molecule has 128 valence electrons. The molecule has 0 atom stereocenters. The van der Waals surface area contributed by atoms with Gasteiger partial charge in [0, 0.05) is 26.2 Å². The maximum absolute atomic E-state index is 12.5. The lowest BCUT2D eigenvalue weighted by molar-refractivity contribution is -0.132. The van der Waals surface area contributed by atoms with Gasteiger partial charge in [-0.2, -0.15) is 0 Å². The summed E-state index contributed by atoms with van der Waals surface area (Å²) in [6.07, 6.45) is 2.15. The van der Waals surface area contributed by atoms with Crippen LogP contribution in [-0.4, -0.2) is 48.5 Å². The quantitative estimate of drug-likeness (QED) is 0.818. The predicted octanol–water partition coefficient (Wildman–Crippen LogP) is 2.57. The third-order valence-corrected chi connectivity index (χ3v) is 4.27. The molecular formula is C19H24N2O3. The van der Waals surface area contributed by atoms with Crippen LogP contribution in [0.15, 0.2) is 47.1 Å². The normalized spacial score (nSPS) is 15.5. The Labute approximate surface area is 142 Å². The van der Waals surface area contributed by atoms with Gasteiger partial charge >= 0.3 is 0 Å². The number of carbonyl (C=O) groups excluding carboxylic acids is 1. The first-order valence-electron chi connectivity index (χ1n) is 8.49. The van der Waals surface area contributed by atoms with Crippen LogP contribution in [0.1, 0.15) is 18.2 Å². The van der Waals surface area contributed by atoms with E-state index in [0.29, 0.717) is 13.0 Å². The molecule has 1 fully saturated rings. The van der Waals surface area contributed by atoms with Crippen LogP contribution in [0.25, 0.3) is 0 Å². The van der Waals surface area contributed by atoms with Gasteiger partial charge in [-0.05, 0) is 36.8 Å². The highest BCUT2D eigenvalue weighted by molar-refractivity contribution is 5.78. The van der Waals surface area contributed by atoms with Gasteiger partial charge in [0.15, 0.2) is 0 Å². The summed E-state index contributed by atoms with van der Waals surface area (Å²) >= 11 is 0. The highest BCUT2D eigenvalue weighted by Gasteiger charge is 2.21. The van der Waals surface area contributed by atoms with E-state index in [0.717, 1.165) is 49.8 Å². The zero-order valence-electron chi connectivity index (χ0n) is 14.1. The van der Waals surface area contributed by atoms with Crippen LogP contribution >= 0.6 is 0 Å². The molecule has 0 spiro atoms. The fraction of sp³-hybridized carbons (Fsp3) is 0.421. The number of carbonyl (C=O) groups is 1. The molecule has 3 rings (SSSR count). The van der Waals surface area contributed by atoms with E-state index in [1.807, 2.05) is 48.2 Å². The fourth-order valence-corrected chi connectivity index (χ4v) is 2.93. The molecule has 1 aliphatic rings. The first-order valence-corrected chi connectivity index (χ1v) is 8.49. The highest BCUT2D eigenvalue weighted by atomic mass is 16.5. The monoisotopic (exact) mass is 328 g/mol. The van der Waals surface area contributed by atoms with E-state index in [4.69, 9.17) is 9.15 Å². The molecule has 1 amide bonds. The number of furan rings is 1. The maximum atomic E-state index is 12.5. The van der Waals surface area contributed by atoms with Gasteiger partial charge in [-0.3, -0.25) is 9.69 Å². The predicted molar refractivity (Wildman–Crippen MR) is 91.9 cm³/mol. The third kappa shape index (κ3) is 4.38. The van der Waals surface area contributed by atoms with Gasteiger partial charge < -0.3 is 14.1 Å². The van der Waals surface area contributed by atoms with Crippen molar-refractivity contribution in [2.75, 3.05) is 32.8 Å². The molecule has 0 radical (unpaired) electrons. The second-order valence-corrected chi connectivity index (χ2v) is 5.99. The summed E-state index contributed by atoms with van der Waals surface area (Å²) in [6.45, 7) is 6.75. The topological polar surface area (TPSA) is 45.9 Å². The van der Waals surface area contributed by atoms with Crippen molar-refractivity contribution < 1.29 is 13.9 Å². The Balaban J connectivity index is 1.46. The molecule has 2 heterocycles. The van der Waals surface area contributed by atoms with E-state index < -0.39 is 0 Å². The van der Waals surface area contributed by atoms with Crippen molar-refractivity contribution in [2.24, 2.45) is 0 Å². The lowest BCUT2D eigenvalue weighted by Gasteiger charge is -2.34. The minimum Gasteiger partial charge on any atom is -0.494 e. The zero-order chi connectivity index (χ0) is 16.8. The Bertz CT molecular complexity index is 629. The van der Waals surface area contributed by atoms with Crippen LogP contribution < -0.4 is 4.74 Å². The van der Waals surface area contributed by atoms with Gasteiger partial charge in [-0.1, -0.05) is 12.1 Å². The van der Waals surface area contributed by atoms with Gasteiger partial charge in [0.1, 0.15) is 11.5 Å². The molecule has 2 aromatic rings. The minimum absolute atomic E-state index is 0.191. The van der Waals surface area contributed by atoms with E-state index in [9.17, 15) is 4.79 Å². The molecule has 1 aromatic heterocycles. The molecule has 0 unspecified atom stereocenters. The van der Waals surface area contributed by atoms with Crippen LogP contribution in [0.4, 0.5) is 0 Å². The number of nitrogens with zero attached hydrogens (tertiary/aromatic N) is 2. The first-order chi connectivity index (χ1) is 11.7. The molecule has 1 aliphatic heterocycles. The standard InChI is InChI=1S/C19H24N2O3/c1-2-23-17-7-5-16(6-8-17)14-19(22)21-11-9-20(10-12-21)15-18-4-3-13-24-18/h3-8,13H,2,9-12,14-15H2,1H3. The minimum atomic E-state index is 0.191. The average Bonchev–Trinajstić information content (AvgIpc) is 3.10. The summed E-state index contributed by atoms with van der Waals surface area (Å²) < 4.78 is 10.8. The maximum Gasteiger partial charge on any atom is 0.227 e. The third-order valence-electron chi connectivity index (χ3n) is 4.27. The summed E-state index contributed by atoms with van der Waals surface area (Å²) in [5.74, 6) is 2.02. The van der Waals surface area contributed by atoms with Gasteiger partial charge in [-0.25, -0.2) is 0 Å². The summed E-state index contributed by atoms with van der Waals surface area (Å²) in [5.41, 5.74) is 1.03. The van der Waals surface area contributed by atoms with Crippen LogP contribution in [0, 0.1) is 0 Å². The molecule has 1 saturated heterocycles. The van der Waals surface area contributed by atoms with Gasteiger partial charge in [0.25, 0.3) is 0 Å². The van der Waals surface area contributed by atoms with Crippen LogP contribution in [0.3, 0.4) is 0 Å². The number of ether oxygens (including phenoxy) is 1. The van der Waals surface area contributed by atoms with E-state index in [1.165, 1.54) is 0 Å². The van der Waals surface area contributed by atoms with E-state index >= 15 is 0 Å². The fourth-order valence-electron chi connectivity index (χ4n) is 2.93. The largest absolute Gasteiger partial charge is 0.494 e. The summed E-state index contributed by atoms with van der Waals surface area (Å²) in [5, 5.41) is 0. The molecule has 1 aromatic carbocycles. The van der Waals surface area contributed by atoms with Gasteiger partial charge in [-0.15, -0.1) is 0 Å². The van der Waals surface area contributed by atoms with Crippen molar-refractivity contribution >= 4 is 5.91 Å². The summed E-state index contributed by atoms with van der Waals surface area (Å²) in [7, 11) is 0. The molecule has 5 nitrogen and oxygen atoms in total. The molecule has 0 saturated carbocycles. The molecule has 24 heavy (non-hydrogen) atoms. The SMILES string of the molecule is CCOc1ccc(CC(=O)N2CCN(Cc3ccco3)CC2)cc1. The Morgan fingerprint density at radius 2 is 1.88 bits per heavy atom. The Hall–Kier alpha value is -2.27. The van der Waals surface area contributed by atoms with Crippen molar-refractivity contribution in [1.82, 2.24) is 9.80 Å². The zero-order valence-corrected chi connectivity index (χ0v) is 14.1. The van der Waals surface area contributed by atoms with Crippen LogP contribution in [0.5, 0.6) is 5.75 Å². The highest BCUT2D eigenvalue weighted by Crippen LogP contribution is 2.14. The summed E-state index contributed by atoms with van der Waals surface area (Å²) in [4.78, 5) is 16.7. The van der Waals surface area contributed by atoms with Crippen LogP contribution in [-0.2, 0) is 17.8 Å². The molecular weight excluding hydrogens is 304 g/mol. The number of hydrogen-bond donors (Lipinski definition) is 0. The lowest BCUT2D eigenvalue weighted by atomic mass is 10.1. The van der Waals surface area contributed by atoms with Crippen LogP contribution in [0.2, 0.25) is 0 Å². The second kappa shape index (κ2) is 8.02. The number of benzene rings is 1. The molecule has 0 N–H and O–H groups in total. The number of hydrogen-bond acceptors (Lipinski definition) is 4. The molecule has 0 bridgehead atoms. The average molecular weight is 328 g/mol. The van der Waals surface area contributed by atoms with E-state index in [2.05, 4.69) is 4.90 Å². The van der Waals surface area contributed by atoms with Crippen molar-refractivity contribution in [1.29, 1.82) is 0 Å². The number of amides is 1. The van der Waals surface area contributed by atoms with Crippen molar-refractivity contribution in [3.63, 3.8) is 0 Å². The molecule has 0 aliphatic carbocycles. The second-order valence-electron chi connectivity index (χ2n) is 5.99. The van der Waals surface area contributed by atoms with E-state index in [1.54, 1.807) is 6.26 Å². The number of rotatable bonds is 6. The first kappa shape index (κ1) is 16.6. The Kier molecular flexibility index (Phi) is 5.54. The summed E-state index contributed by atoms with van der Waals surface area (Å²) in [6, 6.07) is 11.7. The Morgan fingerprint density at radius 3 is 2.50 bits per heavy atom.